The standard InChI is InChI=1S/C14H23N3O4/c1-8-4-3-5-10(9(8)2)16-14(21)17-7-12(18)15-6-11(17)13(19)20/h8-11H,3-7H2,1-2H3,(H,15,18)(H,16,21)(H,19,20). The summed E-state index contributed by atoms with van der Waals surface area (Å²) in [5, 5.41) is 14.6. The van der Waals surface area contributed by atoms with Crippen LogP contribution < -0.4 is 10.6 Å². The molecule has 0 aromatic heterocycles. The van der Waals surface area contributed by atoms with Crippen LogP contribution in [0.25, 0.3) is 0 Å². The van der Waals surface area contributed by atoms with Crippen molar-refractivity contribution in [2.75, 3.05) is 13.1 Å². The number of aliphatic carboxylic acids is 1. The maximum atomic E-state index is 12.4. The summed E-state index contributed by atoms with van der Waals surface area (Å²) in [6.07, 6.45) is 3.10. The van der Waals surface area contributed by atoms with Gasteiger partial charge in [0, 0.05) is 12.6 Å². The molecule has 0 spiro atoms. The second-order valence-corrected chi connectivity index (χ2v) is 6.11. The molecule has 7 heteroatoms. The van der Waals surface area contributed by atoms with Gasteiger partial charge in [-0.1, -0.05) is 26.7 Å². The van der Waals surface area contributed by atoms with Gasteiger partial charge < -0.3 is 15.7 Å². The highest BCUT2D eigenvalue weighted by Crippen LogP contribution is 2.29. The topological polar surface area (TPSA) is 98.7 Å². The van der Waals surface area contributed by atoms with Crippen LogP contribution in [0.3, 0.4) is 0 Å². The first-order valence-electron chi connectivity index (χ1n) is 7.46. The van der Waals surface area contributed by atoms with Crippen molar-refractivity contribution in [3.8, 4) is 0 Å². The Bertz CT molecular complexity index is 440. The zero-order valence-electron chi connectivity index (χ0n) is 12.5. The first kappa shape index (κ1) is 15.6. The maximum absolute atomic E-state index is 12.4. The van der Waals surface area contributed by atoms with Crippen molar-refractivity contribution in [3.05, 3.63) is 0 Å². The van der Waals surface area contributed by atoms with Crippen molar-refractivity contribution >= 4 is 17.9 Å². The predicted molar refractivity (Wildman–Crippen MR) is 75.6 cm³/mol. The average molecular weight is 297 g/mol. The number of piperazine rings is 1. The SMILES string of the molecule is CC1CCCC(NC(=O)N2CC(=O)NCC2C(=O)O)C1C. The number of carboxylic acids is 1. The van der Waals surface area contributed by atoms with E-state index in [0.717, 1.165) is 24.2 Å². The van der Waals surface area contributed by atoms with Gasteiger partial charge in [0.05, 0.1) is 0 Å². The lowest BCUT2D eigenvalue weighted by Crippen LogP contribution is -2.62. The van der Waals surface area contributed by atoms with Gasteiger partial charge in [-0.3, -0.25) is 9.69 Å². The molecule has 1 saturated carbocycles. The van der Waals surface area contributed by atoms with Crippen LogP contribution in [0.4, 0.5) is 4.79 Å². The normalized spacial score (nSPS) is 33.2. The summed E-state index contributed by atoms with van der Waals surface area (Å²) in [5.74, 6) is -0.545. The van der Waals surface area contributed by atoms with E-state index in [1.807, 2.05) is 0 Å². The Kier molecular flexibility index (Phi) is 4.69. The summed E-state index contributed by atoms with van der Waals surface area (Å²) >= 11 is 0. The molecule has 118 valence electrons. The molecule has 1 heterocycles. The highest BCUT2D eigenvalue weighted by molar-refractivity contribution is 5.90. The van der Waals surface area contributed by atoms with E-state index in [-0.39, 0.29) is 25.0 Å². The van der Waals surface area contributed by atoms with Crippen molar-refractivity contribution in [3.63, 3.8) is 0 Å². The summed E-state index contributed by atoms with van der Waals surface area (Å²) in [6, 6.07) is -1.41. The van der Waals surface area contributed by atoms with Gasteiger partial charge >= 0.3 is 12.0 Å². The van der Waals surface area contributed by atoms with Crippen molar-refractivity contribution in [2.45, 2.75) is 45.2 Å². The summed E-state index contributed by atoms with van der Waals surface area (Å²) in [6.45, 7) is 4.02. The summed E-state index contributed by atoms with van der Waals surface area (Å²) in [5.41, 5.74) is 0. The minimum atomic E-state index is -1.10. The van der Waals surface area contributed by atoms with Crippen LogP contribution in [0.2, 0.25) is 0 Å². The number of amides is 3. The van der Waals surface area contributed by atoms with Gasteiger partial charge in [0.1, 0.15) is 12.6 Å². The molecule has 21 heavy (non-hydrogen) atoms. The monoisotopic (exact) mass is 297 g/mol. The second kappa shape index (κ2) is 6.32. The number of rotatable bonds is 2. The predicted octanol–water partition coefficient (Wildman–Crippen LogP) is 0.406. The Morgan fingerprint density at radius 2 is 2.05 bits per heavy atom. The fraction of sp³-hybridized carbons (Fsp3) is 0.786. The summed E-state index contributed by atoms with van der Waals surface area (Å²) in [4.78, 5) is 36.1. The first-order valence-corrected chi connectivity index (χ1v) is 7.46. The van der Waals surface area contributed by atoms with Crippen molar-refractivity contribution in [2.24, 2.45) is 11.8 Å². The Hall–Kier alpha value is -1.79. The van der Waals surface area contributed by atoms with Crippen LogP contribution in [0.5, 0.6) is 0 Å². The maximum Gasteiger partial charge on any atom is 0.328 e. The molecule has 2 fully saturated rings. The zero-order valence-corrected chi connectivity index (χ0v) is 12.5. The number of nitrogens with one attached hydrogen (secondary N) is 2. The molecule has 4 atom stereocenters. The van der Waals surface area contributed by atoms with Crippen LogP contribution in [-0.4, -0.2) is 53.1 Å². The van der Waals surface area contributed by atoms with Crippen LogP contribution in [0.15, 0.2) is 0 Å². The van der Waals surface area contributed by atoms with Crippen LogP contribution in [-0.2, 0) is 9.59 Å². The van der Waals surface area contributed by atoms with E-state index in [0.29, 0.717) is 11.8 Å². The third kappa shape index (κ3) is 3.46. The summed E-state index contributed by atoms with van der Waals surface area (Å²) < 4.78 is 0. The highest BCUT2D eigenvalue weighted by atomic mass is 16.4. The number of hydrogen-bond acceptors (Lipinski definition) is 3. The van der Waals surface area contributed by atoms with Gasteiger partial charge in [-0.05, 0) is 18.3 Å². The van der Waals surface area contributed by atoms with E-state index in [9.17, 15) is 19.5 Å². The lowest BCUT2D eigenvalue weighted by atomic mass is 9.78. The Morgan fingerprint density at radius 3 is 2.71 bits per heavy atom. The molecule has 4 unspecified atom stereocenters. The molecule has 1 saturated heterocycles. The molecule has 0 aromatic carbocycles. The Morgan fingerprint density at radius 1 is 1.33 bits per heavy atom. The number of carbonyl (C=O) groups excluding carboxylic acids is 2. The van der Waals surface area contributed by atoms with Gasteiger partial charge in [0.25, 0.3) is 0 Å². The third-order valence-electron chi connectivity index (χ3n) is 4.74. The summed E-state index contributed by atoms with van der Waals surface area (Å²) in [7, 11) is 0. The largest absolute Gasteiger partial charge is 0.480 e. The molecule has 2 rings (SSSR count). The fourth-order valence-electron chi connectivity index (χ4n) is 3.10. The van der Waals surface area contributed by atoms with E-state index in [1.54, 1.807) is 0 Å². The molecule has 3 amide bonds. The quantitative estimate of drug-likeness (QED) is 0.687. The van der Waals surface area contributed by atoms with Crippen LogP contribution in [0.1, 0.15) is 33.1 Å². The van der Waals surface area contributed by atoms with Gasteiger partial charge in [-0.2, -0.15) is 0 Å². The molecular formula is C14H23N3O4. The Labute approximate surface area is 124 Å². The Balaban J connectivity index is 2.03. The minimum Gasteiger partial charge on any atom is -0.480 e. The zero-order chi connectivity index (χ0) is 15.6. The molecule has 2 aliphatic rings. The molecule has 1 aliphatic carbocycles. The smallest absolute Gasteiger partial charge is 0.328 e. The molecule has 1 aliphatic heterocycles. The lowest BCUT2D eigenvalue weighted by Gasteiger charge is -2.38. The first-order chi connectivity index (χ1) is 9.90. The molecule has 7 nitrogen and oxygen atoms in total. The van der Waals surface area contributed by atoms with E-state index in [2.05, 4.69) is 24.5 Å². The number of carbonyl (C=O) groups is 3. The van der Waals surface area contributed by atoms with E-state index in [1.165, 1.54) is 0 Å². The van der Waals surface area contributed by atoms with Gasteiger partial charge in [-0.15, -0.1) is 0 Å². The van der Waals surface area contributed by atoms with Crippen molar-refractivity contribution < 1.29 is 19.5 Å². The number of urea groups is 1. The molecular weight excluding hydrogens is 274 g/mol. The minimum absolute atomic E-state index is 0.0423. The van der Waals surface area contributed by atoms with E-state index in [4.69, 9.17) is 0 Å². The van der Waals surface area contributed by atoms with Crippen LogP contribution >= 0.6 is 0 Å². The molecule has 0 aromatic rings. The number of carboxylic acid groups (broad SMARTS) is 1. The molecule has 3 N–H and O–H groups in total. The fourth-order valence-corrected chi connectivity index (χ4v) is 3.10. The van der Waals surface area contributed by atoms with Crippen molar-refractivity contribution in [1.82, 2.24) is 15.5 Å². The van der Waals surface area contributed by atoms with Gasteiger partial charge in [-0.25, -0.2) is 9.59 Å². The van der Waals surface area contributed by atoms with Gasteiger partial charge in [0.15, 0.2) is 0 Å². The van der Waals surface area contributed by atoms with E-state index < -0.39 is 18.0 Å². The van der Waals surface area contributed by atoms with Gasteiger partial charge in [0.2, 0.25) is 5.91 Å². The van der Waals surface area contributed by atoms with E-state index >= 15 is 0 Å². The number of nitrogens with zero attached hydrogens (tertiary/aromatic N) is 1. The van der Waals surface area contributed by atoms with Crippen molar-refractivity contribution in [1.29, 1.82) is 0 Å². The van der Waals surface area contributed by atoms with Crippen LogP contribution in [0, 0.1) is 11.8 Å². The average Bonchev–Trinajstić information content (AvgIpc) is 2.43. The molecule has 0 radical (unpaired) electrons. The molecule has 0 bridgehead atoms. The lowest BCUT2D eigenvalue weighted by molar-refractivity contribution is -0.144. The second-order valence-electron chi connectivity index (χ2n) is 6.11. The number of hydrogen-bond donors (Lipinski definition) is 3. The highest BCUT2D eigenvalue weighted by Gasteiger charge is 2.37. The third-order valence-corrected chi connectivity index (χ3v) is 4.74.